The number of hydrogen-bond donors (Lipinski definition) is 1. The van der Waals surface area contributed by atoms with E-state index in [0.717, 1.165) is 16.7 Å². The van der Waals surface area contributed by atoms with Crippen molar-refractivity contribution in [3.05, 3.63) is 35.0 Å². The highest BCUT2D eigenvalue weighted by Gasteiger charge is 2.12. The summed E-state index contributed by atoms with van der Waals surface area (Å²) in [6.45, 7) is 0.490. The number of benzene rings is 1. The summed E-state index contributed by atoms with van der Waals surface area (Å²) in [6.07, 6.45) is 1.75. The van der Waals surface area contributed by atoms with Crippen LogP contribution in [0.25, 0.3) is 11.1 Å². The number of nitrogens with zero attached hydrogens (tertiary/aromatic N) is 2. The number of ether oxygens (including phenoxy) is 1. The zero-order valence-electron chi connectivity index (χ0n) is 9.77. The maximum Gasteiger partial charge on any atom is 0.129 e. The number of methoxy groups -OCH3 is 1. The number of rotatable bonds is 3. The van der Waals surface area contributed by atoms with Crippen molar-refractivity contribution in [3.8, 4) is 11.1 Å². The fraction of sp³-hybridized carbons (Fsp3) is 0.250. The van der Waals surface area contributed by atoms with Gasteiger partial charge in [-0.2, -0.15) is 5.10 Å². The van der Waals surface area contributed by atoms with Gasteiger partial charge in [-0.25, -0.2) is 0 Å². The Hall–Kier alpha value is -1.52. The number of nitrogen functional groups attached to an aromatic ring is 1. The van der Waals surface area contributed by atoms with E-state index in [1.165, 1.54) is 0 Å². The zero-order valence-corrected chi connectivity index (χ0v) is 10.5. The Morgan fingerprint density at radius 2 is 2.18 bits per heavy atom. The molecular weight excluding hydrogens is 238 g/mol. The first-order valence-electron chi connectivity index (χ1n) is 5.18. The summed E-state index contributed by atoms with van der Waals surface area (Å²) in [5.74, 6) is 0.629. The summed E-state index contributed by atoms with van der Waals surface area (Å²) >= 11 is 5.98. The minimum absolute atomic E-state index is 0.490. The molecule has 0 fully saturated rings. The second kappa shape index (κ2) is 4.77. The number of nitrogens with two attached hydrogens (primary N) is 1. The molecule has 4 nitrogen and oxygen atoms in total. The van der Waals surface area contributed by atoms with Crippen molar-refractivity contribution < 1.29 is 4.74 Å². The van der Waals surface area contributed by atoms with Crippen LogP contribution >= 0.6 is 11.6 Å². The van der Waals surface area contributed by atoms with Crippen LogP contribution in [0, 0.1) is 0 Å². The average Bonchev–Trinajstić information content (AvgIpc) is 2.61. The van der Waals surface area contributed by atoms with Gasteiger partial charge in [-0.15, -0.1) is 0 Å². The molecule has 0 aliphatic carbocycles. The molecule has 1 aromatic heterocycles. The van der Waals surface area contributed by atoms with E-state index in [-0.39, 0.29) is 0 Å². The number of aromatic nitrogens is 2. The fourth-order valence-electron chi connectivity index (χ4n) is 1.75. The van der Waals surface area contributed by atoms with E-state index >= 15 is 0 Å². The molecule has 0 unspecified atom stereocenters. The zero-order chi connectivity index (χ0) is 12.4. The van der Waals surface area contributed by atoms with Crippen LogP contribution in [0.3, 0.4) is 0 Å². The minimum atomic E-state index is 0.490. The summed E-state index contributed by atoms with van der Waals surface area (Å²) in [4.78, 5) is 0. The third-order valence-electron chi connectivity index (χ3n) is 2.64. The molecule has 0 saturated carbocycles. The molecule has 0 radical (unpaired) electrons. The molecule has 1 heterocycles. The van der Waals surface area contributed by atoms with E-state index < -0.39 is 0 Å². The van der Waals surface area contributed by atoms with Gasteiger partial charge in [0.05, 0.1) is 12.8 Å². The monoisotopic (exact) mass is 251 g/mol. The highest BCUT2D eigenvalue weighted by atomic mass is 35.5. The number of hydrogen-bond acceptors (Lipinski definition) is 3. The van der Waals surface area contributed by atoms with Gasteiger partial charge < -0.3 is 10.5 Å². The predicted octanol–water partition coefficient (Wildman–Crippen LogP) is 2.47. The molecule has 2 rings (SSSR count). The molecule has 0 aliphatic heterocycles. The van der Waals surface area contributed by atoms with Gasteiger partial charge in [0.25, 0.3) is 0 Å². The van der Waals surface area contributed by atoms with Gasteiger partial charge in [0.1, 0.15) is 5.82 Å². The molecule has 5 heteroatoms. The highest BCUT2D eigenvalue weighted by molar-refractivity contribution is 6.30. The van der Waals surface area contributed by atoms with E-state index in [1.807, 2.05) is 25.2 Å². The van der Waals surface area contributed by atoms with Crippen LogP contribution in [0.4, 0.5) is 5.82 Å². The normalized spacial score (nSPS) is 10.8. The first kappa shape index (κ1) is 12.0. The average molecular weight is 252 g/mol. The summed E-state index contributed by atoms with van der Waals surface area (Å²) in [5.41, 5.74) is 8.87. The third kappa shape index (κ3) is 2.28. The topological polar surface area (TPSA) is 53.1 Å². The number of halogens is 1. The van der Waals surface area contributed by atoms with Gasteiger partial charge in [0.2, 0.25) is 0 Å². The fourth-order valence-corrected chi connectivity index (χ4v) is 1.95. The quantitative estimate of drug-likeness (QED) is 0.912. The highest BCUT2D eigenvalue weighted by Crippen LogP contribution is 2.30. The van der Waals surface area contributed by atoms with E-state index in [2.05, 4.69) is 5.10 Å². The molecule has 17 heavy (non-hydrogen) atoms. The smallest absolute Gasteiger partial charge is 0.129 e. The summed E-state index contributed by atoms with van der Waals surface area (Å²) in [7, 11) is 3.46. The Balaban J connectivity index is 2.54. The molecule has 1 aromatic carbocycles. The Kier molecular flexibility index (Phi) is 3.36. The second-order valence-electron chi connectivity index (χ2n) is 3.80. The van der Waals surface area contributed by atoms with Crippen molar-refractivity contribution in [2.45, 2.75) is 6.61 Å². The molecule has 0 bridgehead atoms. The molecule has 0 amide bonds. The predicted molar refractivity (Wildman–Crippen MR) is 68.8 cm³/mol. The molecular formula is C12H14ClN3O. The van der Waals surface area contributed by atoms with E-state index in [9.17, 15) is 0 Å². The number of anilines is 1. The van der Waals surface area contributed by atoms with Crippen molar-refractivity contribution in [2.75, 3.05) is 12.8 Å². The van der Waals surface area contributed by atoms with Crippen LogP contribution in [0.5, 0.6) is 0 Å². The summed E-state index contributed by atoms with van der Waals surface area (Å²) in [5, 5.41) is 4.82. The lowest BCUT2D eigenvalue weighted by atomic mass is 10.0. The standard InChI is InChI=1S/C12H14ClN3O/c1-16-12(14)11(6-15-16)10-4-3-9(13)5-8(10)7-17-2/h3-6H,7,14H2,1-2H3. The van der Waals surface area contributed by atoms with Gasteiger partial charge in [0, 0.05) is 24.7 Å². The van der Waals surface area contributed by atoms with Gasteiger partial charge in [-0.05, 0) is 23.3 Å². The minimum Gasteiger partial charge on any atom is -0.383 e. The molecule has 0 saturated heterocycles. The van der Waals surface area contributed by atoms with Crippen molar-refractivity contribution in [2.24, 2.45) is 7.05 Å². The summed E-state index contributed by atoms with van der Waals surface area (Å²) < 4.78 is 6.80. The van der Waals surface area contributed by atoms with Gasteiger partial charge in [-0.3, -0.25) is 4.68 Å². The van der Waals surface area contributed by atoms with E-state index in [1.54, 1.807) is 18.0 Å². The molecule has 2 N–H and O–H groups in total. The first-order chi connectivity index (χ1) is 8.13. The lowest BCUT2D eigenvalue weighted by molar-refractivity contribution is 0.185. The maximum absolute atomic E-state index is 5.98. The van der Waals surface area contributed by atoms with Crippen LogP contribution < -0.4 is 5.73 Å². The van der Waals surface area contributed by atoms with Crippen LogP contribution in [0.1, 0.15) is 5.56 Å². The lowest BCUT2D eigenvalue weighted by Crippen LogP contribution is -1.99. The van der Waals surface area contributed by atoms with Gasteiger partial charge >= 0.3 is 0 Å². The number of aryl methyl sites for hydroxylation is 1. The van der Waals surface area contributed by atoms with Gasteiger partial charge in [-0.1, -0.05) is 17.7 Å². The first-order valence-corrected chi connectivity index (χ1v) is 5.56. The Morgan fingerprint density at radius 1 is 1.41 bits per heavy atom. The third-order valence-corrected chi connectivity index (χ3v) is 2.88. The molecule has 2 aromatic rings. The van der Waals surface area contributed by atoms with Crippen molar-refractivity contribution >= 4 is 17.4 Å². The van der Waals surface area contributed by atoms with Crippen LogP contribution in [-0.4, -0.2) is 16.9 Å². The van der Waals surface area contributed by atoms with Crippen molar-refractivity contribution in [1.29, 1.82) is 0 Å². The maximum atomic E-state index is 5.98. The Bertz CT molecular complexity index is 537. The van der Waals surface area contributed by atoms with Gasteiger partial charge in [0.15, 0.2) is 0 Å². The molecule has 0 atom stereocenters. The lowest BCUT2D eigenvalue weighted by Gasteiger charge is -2.09. The largest absolute Gasteiger partial charge is 0.383 e. The van der Waals surface area contributed by atoms with E-state index in [4.69, 9.17) is 22.1 Å². The molecule has 0 aliphatic rings. The SMILES string of the molecule is COCc1cc(Cl)ccc1-c1cnn(C)c1N. The molecule has 90 valence electrons. The van der Waals surface area contributed by atoms with E-state index in [0.29, 0.717) is 17.4 Å². The second-order valence-corrected chi connectivity index (χ2v) is 4.24. The van der Waals surface area contributed by atoms with Crippen molar-refractivity contribution in [1.82, 2.24) is 9.78 Å². The van der Waals surface area contributed by atoms with Crippen molar-refractivity contribution in [3.63, 3.8) is 0 Å². The Morgan fingerprint density at radius 3 is 2.76 bits per heavy atom. The summed E-state index contributed by atoms with van der Waals surface area (Å²) in [6, 6.07) is 5.65. The van der Waals surface area contributed by atoms with Crippen LogP contribution in [0.15, 0.2) is 24.4 Å². The van der Waals surface area contributed by atoms with Crippen LogP contribution in [-0.2, 0) is 18.4 Å². The molecule has 0 spiro atoms. The van der Waals surface area contributed by atoms with Crippen LogP contribution in [0.2, 0.25) is 5.02 Å². The Labute approximate surface area is 105 Å².